The lowest BCUT2D eigenvalue weighted by molar-refractivity contribution is 1.28. The number of thiophene rings is 1. The minimum absolute atomic E-state index is 0.0607. The van der Waals surface area contributed by atoms with Crippen LogP contribution in [0.5, 0.6) is 0 Å². The van der Waals surface area contributed by atoms with Crippen molar-refractivity contribution in [3.05, 3.63) is 200 Å². The van der Waals surface area contributed by atoms with Gasteiger partial charge < -0.3 is 4.90 Å². The second-order valence-electron chi connectivity index (χ2n) is 12.8. The molecule has 0 N–H and O–H groups in total. The lowest BCUT2D eigenvalue weighted by atomic mass is 9.97. The van der Waals surface area contributed by atoms with Gasteiger partial charge in [0, 0.05) is 37.2 Å². The van der Waals surface area contributed by atoms with Crippen LogP contribution < -0.4 is 4.90 Å². The Kier molecular flexibility index (Phi) is 5.82. The summed E-state index contributed by atoms with van der Waals surface area (Å²) in [4.78, 5) is 2.18. The lowest BCUT2D eigenvalue weighted by Crippen LogP contribution is -2.10. The molecule has 10 rings (SSSR count). The molecule has 0 bridgehead atoms. The van der Waals surface area contributed by atoms with E-state index >= 15 is 0 Å². The Morgan fingerprint density at radius 2 is 1.02 bits per heavy atom. The van der Waals surface area contributed by atoms with E-state index in [9.17, 15) is 0 Å². The molecule has 0 unspecified atom stereocenters. The largest absolute Gasteiger partial charge is 0.310 e. The molecule has 9 aromatic carbocycles. The summed E-state index contributed by atoms with van der Waals surface area (Å²) in [6, 6.07) is 51.6. The quantitative estimate of drug-likeness (QED) is 0.168. The zero-order valence-corrected chi connectivity index (χ0v) is 28.7. The maximum atomic E-state index is 8.92. The molecule has 1 nitrogen and oxygen atoms in total. The first-order valence-electron chi connectivity index (χ1n) is 20.7. The first kappa shape index (κ1) is 23.8. The van der Waals surface area contributed by atoms with E-state index < -0.39 is 12.1 Å². The third-order valence-electron chi connectivity index (χ3n) is 9.77. The second-order valence-corrected chi connectivity index (χ2v) is 13.8. The van der Waals surface area contributed by atoms with Crippen LogP contribution in [0.1, 0.15) is 9.60 Å². The van der Waals surface area contributed by atoms with Crippen molar-refractivity contribution in [3.63, 3.8) is 0 Å². The molecule has 0 radical (unpaired) electrons. The highest BCUT2D eigenvalue weighted by atomic mass is 32.1. The zero-order chi connectivity index (χ0) is 40.5. The Labute approximate surface area is 317 Å². The summed E-state index contributed by atoms with van der Waals surface area (Å²) in [5.41, 5.74) is 7.85. The van der Waals surface area contributed by atoms with Crippen LogP contribution in [0.4, 0.5) is 17.1 Å². The van der Waals surface area contributed by atoms with Crippen LogP contribution in [-0.2, 0) is 0 Å². The molecular weight excluding hydrogens is 647 g/mol. The Hall–Kier alpha value is -6.48. The minimum atomic E-state index is -0.470. The summed E-state index contributed by atoms with van der Waals surface area (Å²) in [5.74, 6) is 0. The van der Waals surface area contributed by atoms with Crippen molar-refractivity contribution in [2.24, 2.45) is 0 Å². The van der Waals surface area contributed by atoms with Crippen molar-refractivity contribution in [2.45, 2.75) is 0 Å². The van der Waals surface area contributed by atoms with Crippen molar-refractivity contribution in [1.82, 2.24) is 0 Å². The van der Waals surface area contributed by atoms with Crippen molar-refractivity contribution >= 4 is 70.1 Å². The average Bonchev–Trinajstić information content (AvgIpc) is 3.66. The van der Waals surface area contributed by atoms with Crippen LogP contribution in [0.15, 0.2) is 200 Å². The van der Waals surface area contributed by atoms with Crippen LogP contribution in [-0.4, -0.2) is 0 Å². The molecule has 0 fully saturated rings. The van der Waals surface area contributed by atoms with Gasteiger partial charge in [0.2, 0.25) is 0 Å². The number of anilines is 3. The minimum Gasteiger partial charge on any atom is -0.310 e. The molecule has 10 aromatic rings. The normalized spacial score (nSPS) is 13.3. The molecule has 0 aliphatic carbocycles. The smallest absolute Gasteiger partial charge is 0.0629 e. The third-order valence-corrected chi connectivity index (χ3v) is 11.0. The first-order chi connectivity index (χ1) is 28.7. The first-order valence-corrected chi connectivity index (χ1v) is 18.0. The number of nitrogens with zero attached hydrogens (tertiary/aromatic N) is 1. The summed E-state index contributed by atoms with van der Waals surface area (Å²) < 4.78 is 62.6. The predicted molar refractivity (Wildman–Crippen MR) is 225 cm³/mol. The Balaban J connectivity index is 1.13. The summed E-state index contributed by atoms with van der Waals surface area (Å²) >= 11 is 1.80. The van der Waals surface area contributed by atoms with E-state index in [-0.39, 0.29) is 46.5 Å². The van der Waals surface area contributed by atoms with Crippen LogP contribution in [0.2, 0.25) is 0 Å². The summed E-state index contributed by atoms with van der Waals surface area (Å²) in [6.45, 7) is 0. The molecule has 1 aromatic heterocycles. The SMILES string of the molecule is [2H]c1c([2H])c([2H])c2c(-c3ccc(N(c4ccc(-c5cccc6ccccc56)cc4)c4cccc(-c5cccc6c5sc5ccccc56)c4)cc3)c([2H])c([2H])c([2H])c2c1[2H]. The molecule has 0 atom stereocenters. The van der Waals surface area contributed by atoms with E-state index in [0.717, 1.165) is 39.3 Å². The topological polar surface area (TPSA) is 3.24 Å². The maximum absolute atomic E-state index is 8.92. The lowest BCUT2D eigenvalue weighted by Gasteiger charge is -2.26. The van der Waals surface area contributed by atoms with Crippen molar-refractivity contribution in [2.75, 3.05) is 4.90 Å². The van der Waals surface area contributed by atoms with Crippen LogP contribution in [0, 0.1) is 0 Å². The Morgan fingerprint density at radius 1 is 0.385 bits per heavy atom. The number of rotatable bonds is 6. The molecular formula is C50H33NS. The van der Waals surface area contributed by atoms with Crippen LogP contribution >= 0.6 is 11.3 Å². The predicted octanol–water partition coefficient (Wildman–Crippen LogP) is 14.8. The van der Waals surface area contributed by atoms with E-state index in [0.29, 0.717) is 5.56 Å². The van der Waals surface area contributed by atoms with Gasteiger partial charge in [-0.2, -0.15) is 0 Å². The van der Waals surface area contributed by atoms with Gasteiger partial charge in [-0.3, -0.25) is 0 Å². The van der Waals surface area contributed by atoms with E-state index in [2.05, 4.69) is 138 Å². The number of benzene rings is 9. The zero-order valence-electron chi connectivity index (χ0n) is 34.9. The molecule has 0 aliphatic heterocycles. The highest BCUT2D eigenvalue weighted by molar-refractivity contribution is 7.26. The van der Waals surface area contributed by atoms with Gasteiger partial charge in [0.15, 0.2) is 0 Å². The van der Waals surface area contributed by atoms with Gasteiger partial charge in [0.05, 0.1) is 9.60 Å². The maximum Gasteiger partial charge on any atom is 0.0629 e. The van der Waals surface area contributed by atoms with E-state index in [1.165, 1.54) is 30.9 Å². The molecule has 52 heavy (non-hydrogen) atoms. The molecule has 0 spiro atoms. The Morgan fingerprint density at radius 3 is 1.87 bits per heavy atom. The fraction of sp³-hybridized carbons (Fsp3) is 0. The fourth-order valence-electron chi connectivity index (χ4n) is 7.31. The monoisotopic (exact) mass is 686 g/mol. The second kappa shape index (κ2) is 12.7. The van der Waals surface area contributed by atoms with Gasteiger partial charge >= 0.3 is 0 Å². The van der Waals surface area contributed by atoms with Crippen LogP contribution in [0.3, 0.4) is 0 Å². The van der Waals surface area contributed by atoms with Gasteiger partial charge in [0.1, 0.15) is 0 Å². The van der Waals surface area contributed by atoms with Crippen LogP contribution in [0.25, 0.3) is 75.1 Å². The van der Waals surface area contributed by atoms with Gasteiger partial charge in [0.25, 0.3) is 0 Å². The van der Waals surface area contributed by atoms with Crippen molar-refractivity contribution in [3.8, 4) is 33.4 Å². The van der Waals surface area contributed by atoms with E-state index in [1.54, 1.807) is 11.3 Å². The summed E-state index contributed by atoms with van der Waals surface area (Å²) in [7, 11) is 0. The molecule has 0 aliphatic rings. The molecule has 1 heterocycles. The summed E-state index contributed by atoms with van der Waals surface area (Å²) in [6.07, 6.45) is 0. The summed E-state index contributed by atoms with van der Waals surface area (Å²) in [5, 5.41) is 4.83. The third kappa shape index (κ3) is 5.24. The van der Waals surface area contributed by atoms with E-state index in [4.69, 9.17) is 9.60 Å². The molecule has 2 heteroatoms. The molecule has 0 amide bonds. The van der Waals surface area contributed by atoms with Gasteiger partial charge in [-0.1, -0.05) is 158 Å². The highest BCUT2D eigenvalue weighted by Gasteiger charge is 2.17. The number of hydrogen-bond donors (Lipinski definition) is 0. The highest BCUT2D eigenvalue weighted by Crippen LogP contribution is 2.43. The van der Waals surface area contributed by atoms with Gasteiger partial charge in [-0.05, 0) is 97.4 Å². The number of fused-ring (bicyclic) bond motifs is 5. The average molecular weight is 687 g/mol. The molecule has 0 saturated carbocycles. The Bertz CT molecular complexity index is 3290. The molecule has 244 valence electrons. The molecule has 0 saturated heterocycles. The van der Waals surface area contributed by atoms with E-state index in [1.807, 2.05) is 24.3 Å². The van der Waals surface area contributed by atoms with Gasteiger partial charge in [-0.15, -0.1) is 11.3 Å². The fourth-order valence-corrected chi connectivity index (χ4v) is 8.55. The van der Waals surface area contributed by atoms with Gasteiger partial charge in [-0.25, -0.2) is 0 Å². The standard InChI is InChI=1S/C50H33NS/c1-3-17-42-34(11-1)13-8-20-44(42)36-25-29-39(30-26-36)51(40-31-27-37(28-32-40)45-21-9-14-35-12-2-4-18-43(35)45)41-16-7-15-38(33-41)46-22-10-23-48-47-19-5-6-24-49(47)52-50(46)48/h1-33H/i1D,3D,8D,11D,13D,17D,20D. The van der Waals surface area contributed by atoms with Crippen molar-refractivity contribution in [1.29, 1.82) is 0 Å². The number of hydrogen-bond acceptors (Lipinski definition) is 2. The van der Waals surface area contributed by atoms with Crippen molar-refractivity contribution < 1.29 is 9.60 Å².